The van der Waals surface area contributed by atoms with Gasteiger partial charge in [-0.25, -0.2) is 13.4 Å². The van der Waals surface area contributed by atoms with Crippen LogP contribution in [-0.4, -0.2) is 19.9 Å². The SMILES string of the molecule is CCNCc1csc(S(=O)(=O)Nc2cc(C)c(Br)cn2)c1. The Bertz CT molecular complexity index is 729. The maximum absolute atomic E-state index is 12.3. The molecule has 2 rings (SSSR count). The zero-order valence-electron chi connectivity index (χ0n) is 11.7. The number of pyridine rings is 1. The summed E-state index contributed by atoms with van der Waals surface area (Å²) >= 11 is 4.54. The Hall–Kier alpha value is -0.960. The number of aromatic nitrogens is 1. The van der Waals surface area contributed by atoms with E-state index in [9.17, 15) is 8.42 Å². The van der Waals surface area contributed by atoms with Crippen molar-refractivity contribution >= 4 is 43.1 Å². The summed E-state index contributed by atoms with van der Waals surface area (Å²) in [7, 11) is -3.58. The largest absolute Gasteiger partial charge is 0.313 e. The third-order valence-corrected chi connectivity index (χ3v) is 6.43. The van der Waals surface area contributed by atoms with Crippen molar-refractivity contribution in [3.63, 3.8) is 0 Å². The molecule has 0 saturated carbocycles. The molecule has 0 atom stereocenters. The van der Waals surface area contributed by atoms with Gasteiger partial charge in [-0.1, -0.05) is 6.92 Å². The van der Waals surface area contributed by atoms with E-state index < -0.39 is 10.0 Å². The molecule has 0 bridgehead atoms. The molecule has 21 heavy (non-hydrogen) atoms. The van der Waals surface area contributed by atoms with E-state index in [-0.39, 0.29) is 4.21 Å². The first-order valence-corrected chi connectivity index (χ1v) is 9.51. The Kier molecular flexibility index (Phi) is 5.37. The van der Waals surface area contributed by atoms with E-state index in [1.807, 2.05) is 19.2 Å². The number of hydrogen-bond donors (Lipinski definition) is 2. The summed E-state index contributed by atoms with van der Waals surface area (Å²) < 4.78 is 28.3. The molecule has 0 amide bonds. The highest BCUT2D eigenvalue weighted by atomic mass is 79.9. The zero-order chi connectivity index (χ0) is 15.5. The molecule has 114 valence electrons. The summed E-state index contributed by atoms with van der Waals surface area (Å²) in [6.07, 6.45) is 1.58. The van der Waals surface area contributed by atoms with Gasteiger partial charge in [0.15, 0.2) is 0 Å². The smallest absolute Gasteiger partial charge is 0.272 e. The van der Waals surface area contributed by atoms with Crippen LogP contribution < -0.4 is 10.0 Å². The molecule has 0 aliphatic rings. The van der Waals surface area contributed by atoms with Crippen LogP contribution in [0, 0.1) is 6.92 Å². The molecule has 2 N–H and O–H groups in total. The standard InChI is InChI=1S/C13H16BrN3O2S2/c1-3-15-6-10-5-13(20-8-10)21(18,19)17-12-4-9(2)11(14)7-16-12/h4-5,7-8,15H,3,6H2,1-2H3,(H,16,17). The second kappa shape index (κ2) is 6.87. The van der Waals surface area contributed by atoms with Gasteiger partial charge < -0.3 is 5.32 Å². The van der Waals surface area contributed by atoms with Gasteiger partial charge in [-0.3, -0.25) is 4.72 Å². The van der Waals surface area contributed by atoms with Crippen LogP contribution >= 0.6 is 27.3 Å². The average Bonchev–Trinajstić information content (AvgIpc) is 2.90. The van der Waals surface area contributed by atoms with Crippen molar-refractivity contribution in [1.29, 1.82) is 0 Å². The van der Waals surface area contributed by atoms with Crippen molar-refractivity contribution in [3.8, 4) is 0 Å². The second-order valence-electron chi connectivity index (χ2n) is 4.48. The first-order chi connectivity index (χ1) is 9.92. The molecule has 0 radical (unpaired) electrons. The third kappa shape index (κ3) is 4.26. The Morgan fingerprint density at radius 1 is 1.38 bits per heavy atom. The lowest BCUT2D eigenvalue weighted by Crippen LogP contribution is -2.13. The van der Waals surface area contributed by atoms with Crippen molar-refractivity contribution in [3.05, 3.63) is 39.3 Å². The highest BCUT2D eigenvalue weighted by Crippen LogP contribution is 2.24. The summed E-state index contributed by atoms with van der Waals surface area (Å²) in [4.78, 5) is 4.06. The van der Waals surface area contributed by atoms with Gasteiger partial charge in [0.1, 0.15) is 10.0 Å². The number of nitrogens with one attached hydrogen (secondary N) is 2. The van der Waals surface area contributed by atoms with E-state index in [0.29, 0.717) is 12.4 Å². The van der Waals surface area contributed by atoms with Gasteiger partial charge in [-0.05, 0) is 58.0 Å². The van der Waals surface area contributed by atoms with Gasteiger partial charge in [0.05, 0.1) is 0 Å². The lowest BCUT2D eigenvalue weighted by molar-refractivity contribution is 0.603. The molecule has 0 aromatic carbocycles. The zero-order valence-corrected chi connectivity index (χ0v) is 14.9. The van der Waals surface area contributed by atoms with Crippen molar-refractivity contribution in [1.82, 2.24) is 10.3 Å². The number of nitrogens with zero attached hydrogens (tertiary/aromatic N) is 1. The number of sulfonamides is 1. The Morgan fingerprint density at radius 3 is 2.81 bits per heavy atom. The Morgan fingerprint density at radius 2 is 2.14 bits per heavy atom. The lowest BCUT2D eigenvalue weighted by Gasteiger charge is -2.06. The molecule has 0 aliphatic carbocycles. The fourth-order valence-corrected chi connectivity index (χ4v) is 4.06. The first-order valence-electron chi connectivity index (χ1n) is 6.35. The Balaban J connectivity index is 2.17. The molecule has 8 heteroatoms. The number of aryl methyl sites for hydroxylation is 1. The molecular weight excluding hydrogens is 374 g/mol. The molecule has 2 aromatic heterocycles. The van der Waals surface area contributed by atoms with Crippen LogP contribution in [0.25, 0.3) is 0 Å². The fraction of sp³-hybridized carbons (Fsp3) is 0.308. The maximum atomic E-state index is 12.3. The molecule has 2 aromatic rings. The van der Waals surface area contributed by atoms with Gasteiger partial charge in [0, 0.05) is 17.2 Å². The molecule has 0 saturated heterocycles. The van der Waals surface area contributed by atoms with Crippen molar-refractivity contribution in [2.75, 3.05) is 11.3 Å². The molecular formula is C13H16BrN3O2S2. The highest BCUT2D eigenvalue weighted by molar-refractivity contribution is 9.10. The van der Waals surface area contributed by atoms with E-state index in [0.717, 1.165) is 22.1 Å². The number of rotatable bonds is 6. The van der Waals surface area contributed by atoms with Crippen molar-refractivity contribution < 1.29 is 8.42 Å². The lowest BCUT2D eigenvalue weighted by atomic mass is 10.3. The first kappa shape index (κ1) is 16.4. The minimum Gasteiger partial charge on any atom is -0.313 e. The maximum Gasteiger partial charge on any atom is 0.272 e. The van der Waals surface area contributed by atoms with Crippen molar-refractivity contribution in [2.45, 2.75) is 24.6 Å². The number of thiophene rings is 1. The minimum atomic E-state index is -3.58. The number of halogens is 1. The van der Waals surface area contributed by atoms with Gasteiger partial charge in [-0.15, -0.1) is 11.3 Å². The van der Waals surface area contributed by atoms with E-state index >= 15 is 0 Å². The van der Waals surface area contributed by atoms with E-state index in [1.54, 1.807) is 18.3 Å². The van der Waals surface area contributed by atoms with E-state index in [4.69, 9.17) is 0 Å². The van der Waals surface area contributed by atoms with Crippen LogP contribution in [-0.2, 0) is 16.6 Å². The van der Waals surface area contributed by atoms with Crippen molar-refractivity contribution in [2.24, 2.45) is 0 Å². The molecule has 0 fully saturated rings. The van der Waals surface area contributed by atoms with Crippen LogP contribution in [0.15, 0.2) is 32.4 Å². The molecule has 0 aliphatic heterocycles. The summed E-state index contributed by atoms with van der Waals surface area (Å²) in [6.45, 7) is 5.40. The van der Waals surface area contributed by atoms with Crippen LogP contribution in [0.5, 0.6) is 0 Å². The summed E-state index contributed by atoms with van der Waals surface area (Å²) in [5.41, 5.74) is 1.88. The third-order valence-electron chi connectivity index (χ3n) is 2.76. The fourth-order valence-electron chi connectivity index (χ4n) is 1.64. The predicted molar refractivity (Wildman–Crippen MR) is 89.2 cm³/mol. The van der Waals surface area contributed by atoms with Gasteiger partial charge in [-0.2, -0.15) is 0 Å². The summed E-state index contributed by atoms with van der Waals surface area (Å²) in [5, 5.41) is 5.01. The van der Waals surface area contributed by atoms with Gasteiger partial charge in [0.25, 0.3) is 10.0 Å². The Labute approximate surface area is 137 Å². The van der Waals surface area contributed by atoms with E-state index in [2.05, 4.69) is 31.0 Å². The van der Waals surface area contributed by atoms with Crippen LogP contribution in [0.2, 0.25) is 0 Å². The number of anilines is 1. The summed E-state index contributed by atoms with van der Waals surface area (Å²) in [5.74, 6) is 0.317. The monoisotopic (exact) mass is 389 g/mol. The van der Waals surface area contributed by atoms with Crippen LogP contribution in [0.4, 0.5) is 5.82 Å². The molecule has 5 nitrogen and oxygen atoms in total. The predicted octanol–water partition coefficient (Wildman–Crippen LogP) is 3.12. The van der Waals surface area contributed by atoms with E-state index in [1.165, 1.54) is 11.3 Å². The van der Waals surface area contributed by atoms with Crippen LogP contribution in [0.1, 0.15) is 18.1 Å². The van der Waals surface area contributed by atoms with Crippen LogP contribution in [0.3, 0.4) is 0 Å². The summed E-state index contributed by atoms with van der Waals surface area (Å²) in [6, 6.07) is 3.37. The molecule has 0 spiro atoms. The quantitative estimate of drug-likeness (QED) is 0.795. The van der Waals surface area contributed by atoms with Gasteiger partial charge in [0.2, 0.25) is 0 Å². The average molecular weight is 390 g/mol. The molecule has 0 unspecified atom stereocenters. The second-order valence-corrected chi connectivity index (χ2v) is 8.15. The minimum absolute atomic E-state index is 0.290. The van der Waals surface area contributed by atoms with Gasteiger partial charge >= 0.3 is 0 Å². The normalized spacial score (nSPS) is 11.6. The topological polar surface area (TPSA) is 71.1 Å². The molecule has 2 heterocycles. The highest BCUT2D eigenvalue weighted by Gasteiger charge is 2.17. The number of hydrogen-bond acceptors (Lipinski definition) is 5.